The smallest absolute Gasteiger partial charge is 0.387 e. The van der Waals surface area contributed by atoms with Gasteiger partial charge < -0.3 is 10.1 Å². The van der Waals surface area contributed by atoms with Gasteiger partial charge in [-0.1, -0.05) is 22.4 Å². The second kappa shape index (κ2) is 6.61. The molecule has 0 radical (unpaired) electrons. The molecule has 2 aliphatic rings. The van der Waals surface area contributed by atoms with Gasteiger partial charge in [-0.05, 0) is 61.8 Å². The maximum Gasteiger partial charge on any atom is 0.387 e. The summed E-state index contributed by atoms with van der Waals surface area (Å²) in [5, 5.41) is 3.42. The van der Waals surface area contributed by atoms with Gasteiger partial charge in [-0.2, -0.15) is 8.78 Å². The van der Waals surface area contributed by atoms with Gasteiger partial charge in [0.15, 0.2) is 0 Å². The normalized spacial score (nSPS) is 27.5. The van der Waals surface area contributed by atoms with Crippen LogP contribution in [0.4, 0.5) is 8.78 Å². The van der Waals surface area contributed by atoms with Gasteiger partial charge >= 0.3 is 6.61 Å². The molecule has 1 aromatic carbocycles. The molecule has 1 N–H and O–H groups in total. The van der Waals surface area contributed by atoms with Crippen molar-refractivity contribution >= 4 is 15.9 Å². The van der Waals surface area contributed by atoms with E-state index in [1.54, 1.807) is 12.1 Å². The van der Waals surface area contributed by atoms with Crippen LogP contribution in [0.15, 0.2) is 22.7 Å². The van der Waals surface area contributed by atoms with E-state index >= 15 is 0 Å². The second-order valence-corrected chi connectivity index (χ2v) is 7.11. The van der Waals surface area contributed by atoms with Crippen molar-refractivity contribution in [3.8, 4) is 5.75 Å². The molecule has 0 heterocycles. The lowest BCUT2D eigenvalue weighted by Gasteiger charge is -2.22. The highest BCUT2D eigenvalue weighted by molar-refractivity contribution is 9.10. The molecule has 2 fully saturated rings. The summed E-state index contributed by atoms with van der Waals surface area (Å²) in [5.41, 5.74) is 0.771. The SMILES string of the molecule is FC(F)Oc1ccc(Br)cc1CNCC1CC2CCC1C2. The molecule has 116 valence electrons. The molecule has 3 atom stereocenters. The average Bonchev–Trinajstić information content (AvgIpc) is 3.04. The molecule has 2 saturated carbocycles. The van der Waals surface area contributed by atoms with Crippen molar-refractivity contribution in [1.29, 1.82) is 0 Å². The minimum atomic E-state index is -2.78. The van der Waals surface area contributed by atoms with Gasteiger partial charge in [0.05, 0.1) is 0 Å². The van der Waals surface area contributed by atoms with Gasteiger partial charge in [0.2, 0.25) is 0 Å². The van der Waals surface area contributed by atoms with E-state index in [9.17, 15) is 8.78 Å². The lowest BCUT2D eigenvalue weighted by molar-refractivity contribution is -0.0505. The Bertz CT molecular complexity index is 497. The summed E-state index contributed by atoms with van der Waals surface area (Å²) in [7, 11) is 0. The minimum absolute atomic E-state index is 0.258. The van der Waals surface area contributed by atoms with Crippen LogP contribution in [0.25, 0.3) is 0 Å². The lowest BCUT2D eigenvalue weighted by Crippen LogP contribution is -2.26. The summed E-state index contributed by atoms with van der Waals surface area (Å²) < 4.78 is 30.3. The van der Waals surface area contributed by atoms with E-state index < -0.39 is 6.61 Å². The van der Waals surface area contributed by atoms with Crippen LogP contribution >= 0.6 is 15.9 Å². The molecule has 0 spiro atoms. The molecule has 0 amide bonds. The van der Waals surface area contributed by atoms with Crippen molar-refractivity contribution in [2.75, 3.05) is 6.54 Å². The second-order valence-electron chi connectivity index (χ2n) is 6.20. The largest absolute Gasteiger partial charge is 0.434 e. The maximum absolute atomic E-state index is 12.4. The first kappa shape index (κ1) is 15.2. The van der Waals surface area contributed by atoms with Gasteiger partial charge in [0, 0.05) is 16.6 Å². The quantitative estimate of drug-likeness (QED) is 0.802. The fraction of sp³-hybridized carbons (Fsp3) is 0.625. The summed E-state index contributed by atoms with van der Waals surface area (Å²) in [4.78, 5) is 0. The monoisotopic (exact) mass is 359 g/mol. The molecular weight excluding hydrogens is 340 g/mol. The van der Waals surface area contributed by atoms with Gasteiger partial charge in [0.25, 0.3) is 0 Å². The topological polar surface area (TPSA) is 21.3 Å². The molecule has 1 aromatic rings. The van der Waals surface area contributed by atoms with Gasteiger partial charge in [0.1, 0.15) is 5.75 Å². The third-order valence-electron chi connectivity index (χ3n) is 4.85. The molecule has 0 aliphatic heterocycles. The number of rotatable bonds is 6. The molecule has 2 nitrogen and oxygen atoms in total. The van der Waals surface area contributed by atoms with Crippen LogP contribution < -0.4 is 10.1 Å². The van der Waals surface area contributed by atoms with Crippen molar-refractivity contribution < 1.29 is 13.5 Å². The number of hydrogen-bond acceptors (Lipinski definition) is 2. The first-order valence-electron chi connectivity index (χ1n) is 7.56. The van der Waals surface area contributed by atoms with E-state index in [4.69, 9.17) is 0 Å². The molecule has 2 bridgehead atoms. The van der Waals surface area contributed by atoms with E-state index in [0.717, 1.165) is 34.3 Å². The van der Waals surface area contributed by atoms with E-state index in [0.29, 0.717) is 6.54 Å². The number of alkyl halides is 2. The number of hydrogen-bond donors (Lipinski definition) is 1. The third kappa shape index (κ3) is 3.75. The maximum atomic E-state index is 12.4. The zero-order valence-corrected chi connectivity index (χ0v) is 13.4. The van der Waals surface area contributed by atoms with E-state index in [2.05, 4.69) is 26.0 Å². The summed E-state index contributed by atoms with van der Waals surface area (Å²) >= 11 is 3.38. The van der Waals surface area contributed by atoms with Crippen LogP contribution in [0, 0.1) is 17.8 Å². The highest BCUT2D eigenvalue weighted by atomic mass is 79.9. The predicted molar refractivity (Wildman–Crippen MR) is 81.4 cm³/mol. The molecule has 3 rings (SSSR count). The lowest BCUT2D eigenvalue weighted by atomic mass is 9.89. The Morgan fingerprint density at radius 2 is 2.14 bits per heavy atom. The van der Waals surface area contributed by atoms with Gasteiger partial charge in [-0.25, -0.2) is 0 Å². The summed E-state index contributed by atoms with van der Waals surface area (Å²) in [6.45, 7) is -1.24. The molecule has 2 aliphatic carbocycles. The van der Waals surface area contributed by atoms with Crippen LogP contribution in [-0.4, -0.2) is 13.2 Å². The van der Waals surface area contributed by atoms with Crippen LogP contribution in [0.5, 0.6) is 5.75 Å². The molecular formula is C16H20BrF2NO. The Morgan fingerprint density at radius 3 is 2.81 bits per heavy atom. The highest BCUT2D eigenvalue weighted by Crippen LogP contribution is 2.47. The van der Waals surface area contributed by atoms with E-state index in [1.807, 2.05) is 6.07 Å². The summed E-state index contributed by atoms with van der Waals surface area (Å²) in [6.07, 6.45) is 5.49. The summed E-state index contributed by atoms with van der Waals surface area (Å²) in [6, 6.07) is 5.15. The Balaban J connectivity index is 1.55. The number of benzene rings is 1. The number of halogens is 3. The Morgan fingerprint density at radius 1 is 1.29 bits per heavy atom. The summed E-state index contributed by atoms with van der Waals surface area (Å²) in [5.74, 6) is 2.83. The zero-order valence-electron chi connectivity index (χ0n) is 11.8. The van der Waals surface area contributed by atoms with Crippen LogP contribution in [0.2, 0.25) is 0 Å². The van der Waals surface area contributed by atoms with Crippen LogP contribution in [-0.2, 0) is 6.54 Å². The van der Waals surface area contributed by atoms with E-state index in [1.165, 1.54) is 25.7 Å². The van der Waals surface area contributed by atoms with Gasteiger partial charge in [-0.3, -0.25) is 0 Å². The van der Waals surface area contributed by atoms with E-state index in [-0.39, 0.29) is 5.75 Å². The fourth-order valence-corrected chi connectivity index (χ4v) is 4.32. The van der Waals surface area contributed by atoms with Crippen molar-refractivity contribution in [2.45, 2.75) is 38.8 Å². The minimum Gasteiger partial charge on any atom is -0.434 e. The third-order valence-corrected chi connectivity index (χ3v) is 5.34. The van der Waals surface area contributed by atoms with Crippen molar-refractivity contribution in [2.24, 2.45) is 17.8 Å². The molecule has 0 saturated heterocycles. The number of ether oxygens (including phenoxy) is 1. The Labute approximate surface area is 132 Å². The van der Waals surface area contributed by atoms with Crippen molar-refractivity contribution in [3.63, 3.8) is 0 Å². The van der Waals surface area contributed by atoms with Gasteiger partial charge in [-0.15, -0.1) is 0 Å². The highest BCUT2D eigenvalue weighted by Gasteiger charge is 2.38. The first-order chi connectivity index (χ1) is 10.1. The first-order valence-corrected chi connectivity index (χ1v) is 8.35. The van der Waals surface area contributed by atoms with Crippen LogP contribution in [0.3, 0.4) is 0 Å². The molecule has 5 heteroatoms. The predicted octanol–water partition coefficient (Wildman–Crippen LogP) is 4.58. The van der Waals surface area contributed by atoms with Crippen molar-refractivity contribution in [1.82, 2.24) is 5.32 Å². The standard InChI is InChI=1S/C16H20BrF2NO/c17-14-3-4-15(21-16(18)19)13(7-14)9-20-8-12-6-10-1-2-11(12)5-10/h3-4,7,10-12,16,20H,1-2,5-6,8-9H2. The zero-order chi connectivity index (χ0) is 14.8. The Hall–Kier alpha value is -0.680. The average molecular weight is 360 g/mol. The molecule has 21 heavy (non-hydrogen) atoms. The van der Waals surface area contributed by atoms with Crippen LogP contribution in [0.1, 0.15) is 31.2 Å². The number of fused-ring (bicyclic) bond motifs is 2. The molecule has 3 unspecified atom stereocenters. The Kier molecular flexibility index (Phi) is 4.79. The van der Waals surface area contributed by atoms with Crippen molar-refractivity contribution in [3.05, 3.63) is 28.2 Å². The fourth-order valence-electron chi connectivity index (χ4n) is 3.92. The molecule has 0 aromatic heterocycles. The number of nitrogens with one attached hydrogen (secondary N) is 1.